The lowest BCUT2D eigenvalue weighted by molar-refractivity contribution is -0.161. The first-order valence-corrected chi connectivity index (χ1v) is 8.36. The van der Waals surface area contributed by atoms with Gasteiger partial charge >= 0.3 is 5.97 Å². The first kappa shape index (κ1) is 19.9. The number of amides is 1. The number of nitrogens with one attached hydrogen (secondary N) is 1. The molecule has 0 aromatic rings. The van der Waals surface area contributed by atoms with Crippen LogP contribution in [-0.4, -0.2) is 98.5 Å². The maximum Gasteiger partial charge on any atom is 0.339 e. The predicted molar refractivity (Wildman–Crippen MR) is 84.6 cm³/mol. The van der Waals surface area contributed by atoms with Crippen molar-refractivity contribution in [3.05, 3.63) is 22.9 Å². The molecule has 7 atom stereocenters. The monoisotopic (exact) mass is 387 g/mol. The summed E-state index contributed by atoms with van der Waals surface area (Å²) >= 11 is 0. The van der Waals surface area contributed by atoms with Crippen LogP contribution in [-0.2, 0) is 19.1 Å². The predicted octanol–water partition coefficient (Wildman–Crippen LogP) is -4.19. The van der Waals surface area contributed by atoms with E-state index in [1.807, 2.05) is 0 Å². The molecule has 0 saturated carbocycles. The molecule has 7 N–H and O–H groups in total. The Labute approximate surface area is 153 Å². The van der Waals surface area contributed by atoms with Gasteiger partial charge in [0.05, 0.1) is 30.6 Å². The van der Waals surface area contributed by atoms with Gasteiger partial charge in [-0.1, -0.05) is 0 Å². The first-order chi connectivity index (χ1) is 12.8. The van der Waals surface area contributed by atoms with Gasteiger partial charge in [0.1, 0.15) is 36.6 Å². The summed E-state index contributed by atoms with van der Waals surface area (Å²) in [5.74, 6) is -1.65. The van der Waals surface area contributed by atoms with Gasteiger partial charge in [-0.15, -0.1) is 0 Å². The summed E-state index contributed by atoms with van der Waals surface area (Å²) in [6.07, 6.45) is -8.27. The quantitative estimate of drug-likeness (QED) is 0.184. The fourth-order valence-electron chi connectivity index (χ4n) is 3.39. The van der Waals surface area contributed by atoms with Crippen LogP contribution in [0.1, 0.15) is 6.42 Å². The van der Waals surface area contributed by atoms with E-state index < -0.39 is 67.8 Å². The number of cyclic esters (lactones) is 1. The topological polar surface area (TPSA) is 186 Å². The van der Waals surface area contributed by atoms with E-state index in [1.165, 1.54) is 0 Å². The van der Waals surface area contributed by atoms with Crippen molar-refractivity contribution in [2.45, 2.75) is 49.1 Å². The highest BCUT2D eigenvalue weighted by atomic mass is 16.6. The van der Waals surface area contributed by atoms with Crippen molar-refractivity contribution in [1.29, 1.82) is 0 Å². The van der Waals surface area contributed by atoms with E-state index in [0.29, 0.717) is 0 Å². The lowest BCUT2D eigenvalue weighted by atomic mass is 9.91. The number of carbonyl (C=O) groups excluding carboxylic acids is 2. The van der Waals surface area contributed by atoms with Crippen LogP contribution in [0.5, 0.6) is 0 Å². The van der Waals surface area contributed by atoms with E-state index in [2.05, 4.69) is 5.32 Å². The largest absolute Gasteiger partial charge is 0.456 e. The maximum absolute atomic E-state index is 12.4. The molecule has 3 aliphatic rings. The highest BCUT2D eigenvalue weighted by Gasteiger charge is 2.48. The van der Waals surface area contributed by atoms with Crippen LogP contribution < -0.4 is 5.32 Å². The van der Waals surface area contributed by atoms with Gasteiger partial charge in [-0.3, -0.25) is 4.79 Å². The molecule has 0 spiro atoms. The van der Waals surface area contributed by atoms with Crippen LogP contribution in [0.15, 0.2) is 22.9 Å². The highest BCUT2D eigenvalue weighted by Crippen LogP contribution is 2.35. The van der Waals surface area contributed by atoms with Gasteiger partial charge < -0.3 is 45.4 Å². The minimum Gasteiger partial charge on any atom is -0.456 e. The lowest BCUT2D eigenvalue weighted by Crippen LogP contribution is -2.44. The molecule has 150 valence electrons. The van der Waals surface area contributed by atoms with E-state index in [0.717, 1.165) is 6.08 Å². The molecule has 0 bridgehead atoms. The summed E-state index contributed by atoms with van der Waals surface area (Å²) in [6, 6.07) is 0. The molecule has 3 rings (SSSR count). The second-order valence-electron chi connectivity index (χ2n) is 6.58. The standard InChI is InChI=1S/C16H21NO10/c18-3-7(21)8-2-6(20)11(16(25)27-8)12-5(1-10(22)17-12)15-14(24)13(23)9(4-19)26-15/h1,6-9,13-15,18-21,23-24H,2-4H2,(H,17,22)/b12-11-. The second-order valence-corrected chi connectivity index (χ2v) is 6.58. The number of rotatable bonds is 4. The molecule has 0 aliphatic carbocycles. The van der Waals surface area contributed by atoms with Crippen molar-refractivity contribution in [1.82, 2.24) is 5.32 Å². The number of aliphatic hydroxyl groups excluding tert-OH is 6. The Bertz CT molecular complexity index is 689. The molecule has 7 unspecified atom stereocenters. The summed E-state index contributed by atoms with van der Waals surface area (Å²) in [7, 11) is 0. The molecule has 0 aromatic carbocycles. The second kappa shape index (κ2) is 7.64. The SMILES string of the molecule is O=C1C=C(C2OC(CO)C(O)C2O)/C(=C2/C(=O)OC(C(O)CO)CC2O)N1. The summed E-state index contributed by atoms with van der Waals surface area (Å²) in [5, 5.41) is 60.6. The Balaban J connectivity index is 1.92. The van der Waals surface area contributed by atoms with Crippen LogP contribution >= 0.6 is 0 Å². The van der Waals surface area contributed by atoms with Crippen LogP contribution in [0.3, 0.4) is 0 Å². The summed E-state index contributed by atoms with van der Waals surface area (Å²) in [5.41, 5.74) is -0.398. The third-order valence-electron chi connectivity index (χ3n) is 4.83. The fourth-order valence-corrected chi connectivity index (χ4v) is 3.39. The Morgan fingerprint density at radius 3 is 2.44 bits per heavy atom. The molecule has 1 amide bonds. The van der Waals surface area contributed by atoms with Gasteiger partial charge in [-0.2, -0.15) is 0 Å². The Morgan fingerprint density at radius 2 is 1.89 bits per heavy atom. The van der Waals surface area contributed by atoms with Crippen molar-refractivity contribution < 1.29 is 49.7 Å². The minimum absolute atomic E-state index is 0.0228. The smallest absolute Gasteiger partial charge is 0.339 e. The summed E-state index contributed by atoms with van der Waals surface area (Å²) in [4.78, 5) is 24.2. The minimum atomic E-state index is -1.47. The molecule has 27 heavy (non-hydrogen) atoms. The summed E-state index contributed by atoms with van der Waals surface area (Å²) in [6.45, 7) is -1.23. The molecule has 3 aliphatic heterocycles. The van der Waals surface area contributed by atoms with Crippen LogP contribution in [0.4, 0.5) is 0 Å². The Hall–Kier alpha value is -1.86. The molecule has 2 saturated heterocycles. The van der Waals surface area contributed by atoms with Crippen LogP contribution in [0, 0.1) is 0 Å². The average Bonchev–Trinajstić information content (AvgIpc) is 3.14. The Kier molecular flexibility index (Phi) is 5.63. The highest BCUT2D eigenvalue weighted by molar-refractivity contribution is 6.00. The number of hydrogen-bond acceptors (Lipinski definition) is 10. The molecular formula is C16H21NO10. The molecule has 0 radical (unpaired) electrons. The number of esters is 1. The van der Waals surface area contributed by atoms with Gasteiger partial charge in [-0.05, 0) is 0 Å². The number of aliphatic hydroxyl groups is 6. The van der Waals surface area contributed by atoms with Crippen molar-refractivity contribution in [3.63, 3.8) is 0 Å². The van der Waals surface area contributed by atoms with E-state index in [9.17, 15) is 35.1 Å². The van der Waals surface area contributed by atoms with Crippen molar-refractivity contribution in [2.75, 3.05) is 13.2 Å². The molecule has 11 heteroatoms. The number of carbonyl (C=O) groups is 2. The van der Waals surface area contributed by atoms with E-state index in [-0.39, 0.29) is 23.3 Å². The summed E-state index contributed by atoms with van der Waals surface area (Å²) < 4.78 is 10.4. The Morgan fingerprint density at radius 1 is 1.19 bits per heavy atom. The zero-order chi connectivity index (χ0) is 19.9. The van der Waals surface area contributed by atoms with Crippen LogP contribution in [0.2, 0.25) is 0 Å². The van der Waals surface area contributed by atoms with Gasteiger partial charge in [0, 0.05) is 18.1 Å². The van der Waals surface area contributed by atoms with E-state index in [4.69, 9.17) is 14.6 Å². The van der Waals surface area contributed by atoms with E-state index in [1.54, 1.807) is 0 Å². The molecule has 3 heterocycles. The van der Waals surface area contributed by atoms with Gasteiger partial charge in [-0.25, -0.2) is 4.79 Å². The van der Waals surface area contributed by atoms with Gasteiger partial charge in [0.15, 0.2) is 0 Å². The fraction of sp³-hybridized carbons (Fsp3) is 0.625. The normalized spacial score (nSPS) is 40.6. The van der Waals surface area contributed by atoms with Crippen molar-refractivity contribution in [3.8, 4) is 0 Å². The van der Waals surface area contributed by atoms with Crippen molar-refractivity contribution >= 4 is 11.9 Å². The molecular weight excluding hydrogens is 366 g/mol. The maximum atomic E-state index is 12.4. The average molecular weight is 387 g/mol. The van der Waals surface area contributed by atoms with Crippen molar-refractivity contribution in [2.24, 2.45) is 0 Å². The molecule has 0 aromatic heterocycles. The number of ether oxygens (including phenoxy) is 2. The van der Waals surface area contributed by atoms with Crippen LogP contribution in [0.25, 0.3) is 0 Å². The van der Waals surface area contributed by atoms with Gasteiger partial charge in [0.2, 0.25) is 5.91 Å². The lowest BCUT2D eigenvalue weighted by Gasteiger charge is -2.31. The zero-order valence-electron chi connectivity index (χ0n) is 14.1. The number of hydrogen-bond donors (Lipinski definition) is 7. The third-order valence-corrected chi connectivity index (χ3v) is 4.83. The van der Waals surface area contributed by atoms with Gasteiger partial charge in [0.25, 0.3) is 0 Å². The third kappa shape index (κ3) is 3.50. The van der Waals surface area contributed by atoms with E-state index >= 15 is 0 Å². The first-order valence-electron chi connectivity index (χ1n) is 8.36. The zero-order valence-corrected chi connectivity index (χ0v) is 14.1. The molecule has 2 fully saturated rings. The molecule has 11 nitrogen and oxygen atoms in total.